The Hall–Kier alpha value is -1.15. The van der Waals surface area contributed by atoms with Crippen molar-refractivity contribution in [3.63, 3.8) is 0 Å². The third kappa shape index (κ3) is 1.63. The molecule has 0 bridgehead atoms. The zero-order valence-corrected chi connectivity index (χ0v) is 10.3. The Kier molecular flexibility index (Phi) is 2.60. The molecule has 0 amide bonds. The summed E-state index contributed by atoms with van der Waals surface area (Å²) in [6.45, 7) is 1.12. The third-order valence-electron chi connectivity index (χ3n) is 3.64. The largest absolute Gasteiger partial charge is 0.347 e. The topological polar surface area (TPSA) is 42.2 Å². The third-order valence-corrected chi connectivity index (χ3v) is 3.93. The molecule has 1 saturated heterocycles. The SMILES string of the molecule is N#CC1(c2ccc(F)c(Cl)c2)CC2(C1)OCCO2. The number of rotatable bonds is 1. The van der Waals surface area contributed by atoms with Crippen LogP contribution in [0.2, 0.25) is 5.02 Å². The lowest BCUT2D eigenvalue weighted by Gasteiger charge is -2.48. The van der Waals surface area contributed by atoms with Crippen LogP contribution >= 0.6 is 11.6 Å². The van der Waals surface area contributed by atoms with Gasteiger partial charge >= 0.3 is 0 Å². The lowest BCUT2D eigenvalue weighted by molar-refractivity contribution is -0.229. The Balaban J connectivity index is 1.90. The van der Waals surface area contributed by atoms with Crippen LogP contribution < -0.4 is 0 Å². The van der Waals surface area contributed by atoms with Crippen LogP contribution in [0.3, 0.4) is 0 Å². The van der Waals surface area contributed by atoms with Crippen LogP contribution in [-0.4, -0.2) is 19.0 Å². The molecule has 1 spiro atoms. The van der Waals surface area contributed by atoms with Crippen molar-refractivity contribution < 1.29 is 13.9 Å². The highest BCUT2D eigenvalue weighted by Gasteiger charge is 2.60. The van der Waals surface area contributed by atoms with Gasteiger partial charge in [-0.1, -0.05) is 17.7 Å². The van der Waals surface area contributed by atoms with Gasteiger partial charge in [0.25, 0.3) is 0 Å². The molecule has 0 radical (unpaired) electrons. The Morgan fingerprint density at radius 1 is 1.28 bits per heavy atom. The fourth-order valence-corrected chi connectivity index (χ4v) is 2.89. The van der Waals surface area contributed by atoms with Gasteiger partial charge in [0, 0.05) is 12.8 Å². The van der Waals surface area contributed by atoms with E-state index in [9.17, 15) is 9.65 Å². The molecule has 1 aromatic rings. The van der Waals surface area contributed by atoms with Crippen LogP contribution in [-0.2, 0) is 14.9 Å². The molecule has 18 heavy (non-hydrogen) atoms. The van der Waals surface area contributed by atoms with Crippen LogP contribution in [0.1, 0.15) is 18.4 Å². The average molecular weight is 268 g/mol. The number of benzene rings is 1. The number of nitriles is 1. The van der Waals surface area contributed by atoms with E-state index in [4.69, 9.17) is 21.1 Å². The quantitative estimate of drug-likeness (QED) is 0.786. The molecule has 0 unspecified atom stereocenters. The number of ether oxygens (including phenoxy) is 2. The molecular formula is C13H11ClFNO2. The van der Waals surface area contributed by atoms with Crippen molar-refractivity contribution in [2.75, 3.05) is 13.2 Å². The second kappa shape index (κ2) is 3.92. The Labute approximate surface area is 109 Å². The van der Waals surface area contributed by atoms with Crippen LogP contribution in [0.15, 0.2) is 18.2 Å². The van der Waals surface area contributed by atoms with Gasteiger partial charge in [0.1, 0.15) is 5.82 Å². The van der Waals surface area contributed by atoms with E-state index in [0.29, 0.717) is 26.1 Å². The average Bonchev–Trinajstić information content (AvgIpc) is 2.79. The van der Waals surface area contributed by atoms with E-state index in [0.717, 1.165) is 5.56 Å². The Morgan fingerprint density at radius 2 is 1.94 bits per heavy atom. The fourth-order valence-electron chi connectivity index (χ4n) is 2.71. The molecule has 1 aliphatic carbocycles. The molecular weight excluding hydrogens is 257 g/mol. The van der Waals surface area contributed by atoms with Gasteiger partial charge in [-0.25, -0.2) is 4.39 Å². The van der Waals surface area contributed by atoms with Gasteiger partial charge in [-0.15, -0.1) is 0 Å². The van der Waals surface area contributed by atoms with Gasteiger partial charge in [-0.05, 0) is 17.7 Å². The minimum Gasteiger partial charge on any atom is -0.347 e. The summed E-state index contributed by atoms with van der Waals surface area (Å²) in [5.74, 6) is -1.09. The summed E-state index contributed by atoms with van der Waals surface area (Å²) in [6, 6.07) is 6.70. The fraction of sp³-hybridized carbons (Fsp3) is 0.462. The summed E-state index contributed by atoms with van der Waals surface area (Å²) in [4.78, 5) is 0. The van der Waals surface area contributed by atoms with Crippen molar-refractivity contribution in [1.29, 1.82) is 5.26 Å². The first kappa shape index (κ1) is 11.9. The highest BCUT2D eigenvalue weighted by molar-refractivity contribution is 6.30. The van der Waals surface area contributed by atoms with Crippen molar-refractivity contribution >= 4 is 11.6 Å². The molecule has 5 heteroatoms. The minimum atomic E-state index is -0.679. The van der Waals surface area contributed by atoms with Crippen LogP contribution in [0.25, 0.3) is 0 Å². The second-order valence-electron chi connectivity index (χ2n) is 4.78. The van der Waals surface area contributed by atoms with E-state index < -0.39 is 17.0 Å². The van der Waals surface area contributed by atoms with E-state index >= 15 is 0 Å². The highest BCUT2D eigenvalue weighted by atomic mass is 35.5. The summed E-state index contributed by atoms with van der Waals surface area (Å²) in [5, 5.41) is 9.43. The van der Waals surface area contributed by atoms with Gasteiger partial charge in [0.05, 0.1) is 29.7 Å². The molecule has 1 aromatic carbocycles. The van der Waals surface area contributed by atoms with E-state index in [2.05, 4.69) is 6.07 Å². The van der Waals surface area contributed by atoms with Crippen molar-refractivity contribution in [3.8, 4) is 6.07 Å². The second-order valence-corrected chi connectivity index (χ2v) is 5.19. The maximum absolute atomic E-state index is 13.1. The summed E-state index contributed by atoms with van der Waals surface area (Å²) in [6.07, 6.45) is 0.941. The van der Waals surface area contributed by atoms with Gasteiger partial charge in [0.15, 0.2) is 5.79 Å². The lowest BCUT2D eigenvalue weighted by atomic mass is 9.61. The zero-order valence-electron chi connectivity index (χ0n) is 9.58. The normalized spacial score (nSPS) is 23.6. The molecule has 1 saturated carbocycles. The predicted molar refractivity (Wildman–Crippen MR) is 62.6 cm³/mol. The van der Waals surface area contributed by atoms with Crippen LogP contribution in [0.4, 0.5) is 4.39 Å². The first-order valence-electron chi connectivity index (χ1n) is 5.74. The molecule has 1 heterocycles. The maximum Gasteiger partial charge on any atom is 0.172 e. The standard InChI is InChI=1S/C13H11ClFNO2/c14-10-5-9(1-2-11(10)15)12(8-16)6-13(7-12)17-3-4-18-13/h1-2,5H,3-4,6-7H2. The molecule has 0 aromatic heterocycles. The van der Waals surface area contributed by atoms with Gasteiger partial charge < -0.3 is 9.47 Å². The predicted octanol–water partition coefficient (Wildman–Crippen LogP) is 2.78. The van der Waals surface area contributed by atoms with Gasteiger partial charge in [0.2, 0.25) is 0 Å². The van der Waals surface area contributed by atoms with Crippen molar-refractivity contribution in [3.05, 3.63) is 34.6 Å². The van der Waals surface area contributed by atoms with Gasteiger partial charge in [-0.3, -0.25) is 0 Å². The molecule has 2 aliphatic rings. The minimum absolute atomic E-state index is 0.0383. The van der Waals surface area contributed by atoms with Crippen LogP contribution in [0.5, 0.6) is 0 Å². The zero-order chi connectivity index (χ0) is 12.8. The monoisotopic (exact) mass is 267 g/mol. The molecule has 94 valence electrons. The van der Waals surface area contributed by atoms with Crippen molar-refractivity contribution in [2.45, 2.75) is 24.0 Å². The van der Waals surface area contributed by atoms with Gasteiger partial charge in [-0.2, -0.15) is 5.26 Å². The Morgan fingerprint density at radius 3 is 2.50 bits per heavy atom. The Bertz CT molecular complexity index is 526. The first-order valence-corrected chi connectivity index (χ1v) is 6.12. The number of halogens is 2. The molecule has 2 fully saturated rings. The molecule has 0 atom stereocenters. The highest BCUT2D eigenvalue weighted by Crippen LogP contribution is 2.54. The molecule has 3 nitrogen and oxygen atoms in total. The summed E-state index contributed by atoms with van der Waals surface area (Å²) >= 11 is 5.76. The number of hydrogen-bond donors (Lipinski definition) is 0. The van der Waals surface area contributed by atoms with E-state index in [-0.39, 0.29) is 5.02 Å². The molecule has 3 rings (SSSR count). The summed E-state index contributed by atoms with van der Waals surface area (Å²) < 4.78 is 24.2. The van der Waals surface area contributed by atoms with Crippen molar-refractivity contribution in [2.24, 2.45) is 0 Å². The van der Waals surface area contributed by atoms with E-state index in [1.165, 1.54) is 12.1 Å². The summed E-state index contributed by atoms with van der Waals surface area (Å²) in [7, 11) is 0. The smallest absolute Gasteiger partial charge is 0.172 e. The molecule has 1 aliphatic heterocycles. The first-order chi connectivity index (χ1) is 8.59. The van der Waals surface area contributed by atoms with Crippen LogP contribution in [0, 0.1) is 17.1 Å². The lowest BCUT2D eigenvalue weighted by Crippen LogP contribution is -2.54. The van der Waals surface area contributed by atoms with E-state index in [1.54, 1.807) is 6.07 Å². The number of hydrogen-bond acceptors (Lipinski definition) is 3. The van der Waals surface area contributed by atoms with E-state index in [1.807, 2.05) is 0 Å². The summed E-state index contributed by atoms with van der Waals surface area (Å²) in [5.41, 5.74) is 0.0444. The van der Waals surface area contributed by atoms with Crippen molar-refractivity contribution in [1.82, 2.24) is 0 Å². The maximum atomic E-state index is 13.1. The molecule has 0 N–H and O–H groups in total. The number of nitrogens with zero attached hydrogens (tertiary/aromatic N) is 1.